The lowest BCUT2D eigenvalue weighted by molar-refractivity contribution is 0.0912. The first-order valence-electron chi connectivity index (χ1n) is 8.41. The van der Waals surface area contributed by atoms with Crippen LogP contribution in [0.3, 0.4) is 0 Å². The van der Waals surface area contributed by atoms with Crippen molar-refractivity contribution in [1.82, 2.24) is 15.1 Å². The molecule has 0 spiro atoms. The fraction of sp³-hybridized carbons (Fsp3) is 0.938. The van der Waals surface area contributed by atoms with Crippen LogP contribution in [-0.2, 0) is 0 Å². The monoisotopic (exact) mass is 276 g/mol. The van der Waals surface area contributed by atoms with Crippen molar-refractivity contribution in [2.24, 2.45) is 0 Å². The highest BCUT2D eigenvalue weighted by molar-refractivity contribution is 5.13. The van der Waals surface area contributed by atoms with E-state index in [1.54, 1.807) is 0 Å². The summed E-state index contributed by atoms with van der Waals surface area (Å²) in [5.74, 6) is 0. The predicted molar refractivity (Wildman–Crippen MR) is 80.4 cm³/mol. The molecule has 0 radical (unpaired) electrons. The molecule has 0 aromatic carbocycles. The van der Waals surface area contributed by atoms with E-state index in [9.17, 15) is 5.26 Å². The van der Waals surface area contributed by atoms with E-state index < -0.39 is 0 Å². The first kappa shape index (κ1) is 14.3. The van der Waals surface area contributed by atoms with Gasteiger partial charge in [0.25, 0.3) is 0 Å². The molecule has 2 aliphatic carbocycles. The minimum Gasteiger partial charge on any atom is -0.299 e. The van der Waals surface area contributed by atoms with Crippen LogP contribution in [-0.4, -0.2) is 60.1 Å². The predicted octanol–water partition coefficient (Wildman–Crippen LogP) is 1.58. The molecule has 3 fully saturated rings. The summed E-state index contributed by atoms with van der Waals surface area (Å²) in [6, 6.07) is 4.10. The number of piperazine rings is 1. The summed E-state index contributed by atoms with van der Waals surface area (Å²) in [5.41, 5.74) is -0.242. The second kappa shape index (κ2) is 6.01. The standard InChI is InChI=1S/C16H28N4/c1-2-7-18-16(13-17)6-5-15(12-16)20-10-8-19(9-11-20)14-3-4-14/h14-15,18H,2-12H2,1H3. The average molecular weight is 276 g/mol. The Balaban J connectivity index is 1.50. The van der Waals surface area contributed by atoms with Gasteiger partial charge in [-0.3, -0.25) is 15.1 Å². The molecule has 112 valence electrons. The van der Waals surface area contributed by atoms with E-state index in [1.165, 1.54) is 45.4 Å². The van der Waals surface area contributed by atoms with Gasteiger partial charge in [0.2, 0.25) is 0 Å². The van der Waals surface area contributed by atoms with Crippen LogP contribution in [0.2, 0.25) is 0 Å². The van der Waals surface area contributed by atoms with Crippen molar-refractivity contribution in [2.45, 2.75) is 63.1 Å². The second-order valence-corrected chi connectivity index (χ2v) is 6.82. The Morgan fingerprint density at radius 1 is 1.10 bits per heavy atom. The van der Waals surface area contributed by atoms with Crippen molar-refractivity contribution in [1.29, 1.82) is 5.26 Å². The summed E-state index contributed by atoms with van der Waals surface area (Å²) in [6.07, 6.45) is 7.18. The van der Waals surface area contributed by atoms with Crippen LogP contribution in [0.25, 0.3) is 0 Å². The van der Waals surface area contributed by atoms with Crippen LogP contribution >= 0.6 is 0 Å². The summed E-state index contributed by atoms with van der Waals surface area (Å²) in [5, 5.41) is 13.0. The summed E-state index contributed by atoms with van der Waals surface area (Å²) < 4.78 is 0. The molecule has 1 aliphatic heterocycles. The highest BCUT2D eigenvalue weighted by Crippen LogP contribution is 2.34. The van der Waals surface area contributed by atoms with Crippen molar-refractivity contribution in [2.75, 3.05) is 32.7 Å². The molecule has 2 atom stereocenters. The zero-order valence-electron chi connectivity index (χ0n) is 12.8. The number of rotatable bonds is 5. The molecule has 0 amide bonds. The maximum absolute atomic E-state index is 9.54. The maximum Gasteiger partial charge on any atom is 0.108 e. The second-order valence-electron chi connectivity index (χ2n) is 6.82. The van der Waals surface area contributed by atoms with Gasteiger partial charge in [0, 0.05) is 38.3 Å². The largest absolute Gasteiger partial charge is 0.299 e. The Hall–Kier alpha value is -0.630. The Morgan fingerprint density at radius 2 is 1.75 bits per heavy atom. The quantitative estimate of drug-likeness (QED) is 0.828. The molecule has 4 heteroatoms. The van der Waals surface area contributed by atoms with Gasteiger partial charge in [-0.15, -0.1) is 0 Å². The molecule has 20 heavy (non-hydrogen) atoms. The van der Waals surface area contributed by atoms with Crippen LogP contribution in [0.15, 0.2) is 0 Å². The molecule has 2 unspecified atom stereocenters. The molecule has 1 saturated heterocycles. The van der Waals surface area contributed by atoms with E-state index in [1.807, 2.05) is 0 Å². The Labute approximate surface area is 123 Å². The van der Waals surface area contributed by atoms with E-state index in [0.717, 1.165) is 31.8 Å². The lowest BCUT2D eigenvalue weighted by atomic mass is 9.99. The number of nitrogens with zero attached hydrogens (tertiary/aromatic N) is 3. The summed E-state index contributed by atoms with van der Waals surface area (Å²) in [4.78, 5) is 5.31. The lowest BCUT2D eigenvalue weighted by Crippen LogP contribution is -2.51. The Kier molecular flexibility index (Phi) is 4.30. The van der Waals surface area contributed by atoms with Gasteiger partial charge in [-0.25, -0.2) is 0 Å². The van der Waals surface area contributed by atoms with E-state index in [-0.39, 0.29) is 5.54 Å². The summed E-state index contributed by atoms with van der Waals surface area (Å²) in [7, 11) is 0. The average Bonchev–Trinajstić information content (AvgIpc) is 3.26. The van der Waals surface area contributed by atoms with Gasteiger partial charge in [-0.2, -0.15) is 5.26 Å². The van der Waals surface area contributed by atoms with Gasteiger partial charge in [-0.05, 0) is 45.1 Å². The van der Waals surface area contributed by atoms with Gasteiger partial charge in [0.1, 0.15) is 5.54 Å². The third kappa shape index (κ3) is 3.00. The van der Waals surface area contributed by atoms with Crippen molar-refractivity contribution >= 4 is 0 Å². The number of hydrogen-bond acceptors (Lipinski definition) is 4. The van der Waals surface area contributed by atoms with Crippen molar-refractivity contribution < 1.29 is 0 Å². The highest BCUT2D eigenvalue weighted by atomic mass is 15.3. The minimum atomic E-state index is -0.242. The highest BCUT2D eigenvalue weighted by Gasteiger charge is 2.42. The fourth-order valence-electron chi connectivity index (χ4n) is 3.90. The van der Waals surface area contributed by atoms with Crippen molar-refractivity contribution in [3.05, 3.63) is 0 Å². The first-order valence-corrected chi connectivity index (χ1v) is 8.41. The molecule has 0 aromatic rings. The molecule has 4 nitrogen and oxygen atoms in total. The van der Waals surface area contributed by atoms with Gasteiger partial charge >= 0.3 is 0 Å². The number of nitrogens with one attached hydrogen (secondary N) is 1. The fourth-order valence-corrected chi connectivity index (χ4v) is 3.90. The van der Waals surface area contributed by atoms with Crippen molar-refractivity contribution in [3.63, 3.8) is 0 Å². The molecule has 3 rings (SSSR count). The van der Waals surface area contributed by atoms with Gasteiger partial charge < -0.3 is 0 Å². The molecule has 1 N–H and O–H groups in total. The zero-order valence-corrected chi connectivity index (χ0v) is 12.8. The molecule has 0 bridgehead atoms. The van der Waals surface area contributed by atoms with Crippen LogP contribution in [0.4, 0.5) is 0 Å². The van der Waals surface area contributed by atoms with E-state index in [2.05, 4.69) is 28.1 Å². The summed E-state index contributed by atoms with van der Waals surface area (Å²) >= 11 is 0. The summed E-state index contributed by atoms with van der Waals surface area (Å²) in [6.45, 7) is 8.02. The van der Waals surface area contributed by atoms with E-state index in [0.29, 0.717) is 6.04 Å². The number of nitriles is 1. The molecular formula is C16H28N4. The minimum absolute atomic E-state index is 0.242. The first-order chi connectivity index (χ1) is 9.76. The molecule has 1 heterocycles. The van der Waals surface area contributed by atoms with Gasteiger partial charge in [-0.1, -0.05) is 6.92 Å². The van der Waals surface area contributed by atoms with E-state index in [4.69, 9.17) is 0 Å². The molecule has 2 saturated carbocycles. The van der Waals surface area contributed by atoms with Gasteiger partial charge in [0.05, 0.1) is 6.07 Å². The Morgan fingerprint density at radius 3 is 2.30 bits per heavy atom. The lowest BCUT2D eigenvalue weighted by Gasteiger charge is -2.38. The van der Waals surface area contributed by atoms with E-state index >= 15 is 0 Å². The SMILES string of the molecule is CCCNC1(C#N)CCC(N2CCN(C3CC3)CC2)C1. The van der Waals surface area contributed by atoms with Gasteiger partial charge in [0.15, 0.2) is 0 Å². The Bertz CT molecular complexity index is 365. The van der Waals surface area contributed by atoms with Crippen LogP contribution in [0.5, 0.6) is 0 Å². The van der Waals surface area contributed by atoms with Crippen LogP contribution in [0, 0.1) is 11.3 Å². The van der Waals surface area contributed by atoms with Crippen molar-refractivity contribution in [3.8, 4) is 6.07 Å². The molecular weight excluding hydrogens is 248 g/mol. The zero-order chi connectivity index (χ0) is 14.0. The number of hydrogen-bond donors (Lipinski definition) is 1. The van der Waals surface area contributed by atoms with Crippen LogP contribution < -0.4 is 5.32 Å². The van der Waals surface area contributed by atoms with Crippen LogP contribution in [0.1, 0.15) is 45.4 Å². The molecule has 0 aromatic heterocycles. The molecule has 3 aliphatic rings. The third-order valence-corrected chi connectivity index (χ3v) is 5.34. The normalized spacial score (nSPS) is 36.1. The topological polar surface area (TPSA) is 42.3 Å². The smallest absolute Gasteiger partial charge is 0.108 e. The maximum atomic E-state index is 9.54. The third-order valence-electron chi connectivity index (χ3n) is 5.34.